The lowest BCUT2D eigenvalue weighted by Gasteiger charge is -2.40. The van der Waals surface area contributed by atoms with E-state index >= 15 is 0 Å². The summed E-state index contributed by atoms with van der Waals surface area (Å²) in [5.41, 5.74) is 8.67. The summed E-state index contributed by atoms with van der Waals surface area (Å²) in [6, 6.07) is 8.96. The Kier molecular flexibility index (Phi) is 5.39. The van der Waals surface area contributed by atoms with Crippen molar-refractivity contribution in [2.24, 2.45) is 5.73 Å². The Hall–Kier alpha value is -1.06. The van der Waals surface area contributed by atoms with E-state index in [0.717, 1.165) is 6.42 Å². The highest BCUT2D eigenvalue weighted by atomic mass is 15.2. The van der Waals surface area contributed by atoms with Gasteiger partial charge in [-0.25, -0.2) is 0 Å². The molecule has 0 amide bonds. The molecule has 0 aliphatic heterocycles. The molecule has 0 fully saturated rings. The van der Waals surface area contributed by atoms with E-state index in [1.807, 2.05) is 0 Å². The molecular formula is C16H29N3. The molecule has 3 nitrogen and oxygen atoms in total. The molecule has 3 heteroatoms. The summed E-state index contributed by atoms with van der Waals surface area (Å²) >= 11 is 0. The molecule has 1 unspecified atom stereocenters. The molecule has 0 bridgehead atoms. The van der Waals surface area contributed by atoms with Gasteiger partial charge in [0.15, 0.2) is 0 Å². The van der Waals surface area contributed by atoms with Crippen molar-refractivity contribution in [1.29, 1.82) is 0 Å². The third-order valence-corrected chi connectivity index (χ3v) is 4.31. The second kappa shape index (κ2) is 6.40. The normalized spacial score (nSPS) is 13.7. The Labute approximate surface area is 118 Å². The summed E-state index contributed by atoms with van der Waals surface area (Å²) in [6.45, 7) is 7.40. The van der Waals surface area contributed by atoms with E-state index in [9.17, 15) is 0 Å². The van der Waals surface area contributed by atoms with Crippen molar-refractivity contribution in [3.05, 3.63) is 29.8 Å². The second-order valence-electron chi connectivity index (χ2n) is 6.01. The van der Waals surface area contributed by atoms with Crippen LogP contribution in [0.2, 0.25) is 0 Å². The van der Waals surface area contributed by atoms with E-state index in [4.69, 9.17) is 5.73 Å². The molecule has 0 saturated carbocycles. The zero-order valence-electron chi connectivity index (χ0n) is 13.3. The minimum absolute atomic E-state index is 0.157. The predicted molar refractivity (Wildman–Crippen MR) is 84.7 cm³/mol. The molecule has 0 aliphatic rings. The van der Waals surface area contributed by atoms with E-state index in [0.29, 0.717) is 6.54 Å². The van der Waals surface area contributed by atoms with Gasteiger partial charge in [-0.2, -0.15) is 0 Å². The van der Waals surface area contributed by atoms with Crippen LogP contribution in [0.25, 0.3) is 0 Å². The maximum Gasteiger partial charge on any atom is 0.0472 e. The van der Waals surface area contributed by atoms with E-state index in [2.05, 4.69) is 76.0 Å². The van der Waals surface area contributed by atoms with Crippen LogP contribution in [0.15, 0.2) is 24.3 Å². The Balaban J connectivity index is 2.97. The average Bonchev–Trinajstić information content (AvgIpc) is 2.40. The monoisotopic (exact) mass is 263 g/mol. The molecule has 0 aliphatic carbocycles. The maximum atomic E-state index is 6.00. The van der Waals surface area contributed by atoms with Gasteiger partial charge in [-0.05, 0) is 45.0 Å². The molecule has 0 heterocycles. The lowest BCUT2D eigenvalue weighted by molar-refractivity contribution is 0.100. The van der Waals surface area contributed by atoms with Gasteiger partial charge in [0, 0.05) is 37.9 Å². The molecule has 2 N–H and O–H groups in total. The van der Waals surface area contributed by atoms with Crippen molar-refractivity contribution in [2.45, 2.75) is 38.8 Å². The molecule has 19 heavy (non-hydrogen) atoms. The first-order valence-corrected chi connectivity index (χ1v) is 7.03. The van der Waals surface area contributed by atoms with E-state index in [1.165, 1.54) is 11.3 Å². The number of benzene rings is 1. The fourth-order valence-corrected chi connectivity index (χ4v) is 2.18. The largest absolute Gasteiger partial charge is 0.378 e. The number of hydrogen-bond donors (Lipinski definition) is 1. The average molecular weight is 263 g/mol. The highest BCUT2D eigenvalue weighted by molar-refractivity contribution is 5.46. The van der Waals surface area contributed by atoms with Crippen molar-refractivity contribution < 1.29 is 0 Å². The van der Waals surface area contributed by atoms with Crippen molar-refractivity contribution in [1.82, 2.24) is 4.90 Å². The van der Waals surface area contributed by atoms with Gasteiger partial charge < -0.3 is 10.6 Å². The molecule has 0 radical (unpaired) electrons. The highest BCUT2D eigenvalue weighted by Gasteiger charge is 2.27. The topological polar surface area (TPSA) is 32.5 Å². The van der Waals surface area contributed by atoms with Gasteiger partial charge in [-0.1, -0.05) is 19.1 Å². The van der Waals surface area contributed by atoms with Crippen molar-refractivity contribution >= 4 is 5.69 Å². The number of anilines is 1. The number of nitrogens with two attached hydrogens (primary N) is 1. The first-order chi connectivity index (χ1) is 8.83. The van der Waals surface area contributed by atoms with Gasteiger partial charge in [0.05, 0.1) is 0 Å². The first-order valence-electron chi connectivity index (χ1n) is 7.03. The van der Waals surface area contributed by atoms with Crippen molar-refractivity contribution in [3.63, 3.8) is 0 Å². The third-order valence-electron chi connectivity index (χ3n) is 4.31. The van der Waals surface area contributed by atoms with Crippen LogP contribution in [0.1, 0.15) is 38.8 Å². The van der Waals surface area contributed by atoms with Crippen molar-refractivity contribution in [2.75, 3.05) is 32.6 Å². The number of likely N-dealkylation sites (N-methyl/N-ethyl adjacent to an activating group) is 1. The van der Waals surface area contributed by atoms with Crippen LogP contribution in [0.3, 0.4) is 0 Å². The predicted octanol–water partition coefficient (Wildman–Crippen LogP) is 2.87. The lowest BCUT2D eigenvalue weighted by atomic mass is 9.94. The van der Waals surface area contributed by atoms with Gasteiger partial charge in [-0.15, -0.1) is 0 Å². The summed E-state index contributed by atoms with van der Waals surface area (Å²) in [7, 11) is 6.28. The molecule has 1 rings (SSSR count). The first kappa shape index (κ1) is 16.0. The van der Waals surface area contributed by atoms with Crippen LogP contribution in [0, 0.1) is 0 Å². The quantitative estimate of drug-likeness (QED) is 0.856. The summed E-state index contributed by atoms with van der Waals surface area (Å²) < 4.78 is 0. The zero-order chi connectivity index (χ0) is 14.6. The standard InChI is InChI=1S/C16H29N3/c1-7-16(2,3)19(6)15(12-17)13-8-10-14(11-9-13)18(4)5/h8-11,15H,7,12,17H2,1-6H3. The van der Waals surface area contributed by atoms with Crippen molar-refractivity contribution in [3.8, 4) is 0 Å². The Morgan fingerprint density at radius 2 is 1.63 bits per heavy atom. The molecule has 1 aromatic rings. The van der Waals surface area contributed by atoms with Gasteiger partial charge in [0.25, 0.3) is 0 Å². The summed E-state index contributed by atoms with van der Waals surface area (Å²) in [5.74, 6) is 0. The van der Waals surface area contributed by atoms with Crippen LogP contribution < -0.4 is 10.6 Å². The molecular weight excluding hydrogens is 234 g/mol. The fourth-order valence-electron chi connectivity index (χ4n) is 2.18. The van der Waals surface area contributed by atoms with Gasteiger partial charge in [0.1, 0.15) is 0 Å². The van der Waals surface area contributed by atoms with Crippen LogP contribution >= 0.6 is 0 Å². The summed E-state index contributed by atoms with van der Waals surface area (Å²) in [4.78, 5) is 4.50. The lowest BCUT2D eigenvalue weighted by Crippen LogP contribution is -2.45. The molecule has 0 spiro atoms. The van der Waals surface area contributed by atoms with Crippen LogP contribution in [0.4, 0.5) is 5.69 Å². The molecule has 0 aromatic heterocycles. The van der Waals surface area contributed by atoms with Crippen LogP contribution in [-0.2, 0) is 0 Å². The fraction of sp³-hybridized carbons (Fsp3) is 0.625. The minimum Gasteiger partial charge on any atom is -0.378 e. The van der Waals surface area contributed by atoms with Gasteiger partial charge in [-0.3, -0.25) is 4.90 Å². The Morgan fingerprint density at radius 1 is 1.11 bits per heavy atom. The smallest absolute Gasteiger partial charge is 0.0472 e. The number of rotatable bonds is 6. The second-order valence-corrected chi connectivity index (χ2v) is 6.01. The van der Waals surface area contributed by atoms with Gasteiger partial charge >= 0.3 is 0 Å². The number of hydrogen-bond acceptors (Lipinski definition) is 3. The van der Waals surface area contributed by atoms with E-state index in [1.54, 1.807) is 0 Å². The molecule has 108 valence electrons. The van der Waals surface area contributed by atoms with E-state index < -0.39 is 0 Å². The summed E-state index contributed by atoms with van der Waals surface area (Å²) in [6.07, 6.45) is 1.11. The van der Waals surface area contributed by atoms with Crippen LogP contribution in [0.5, 0.6) is 0 Å². The molecule has 0 saturated heterocycles. The molecule has 1 atom stereocenters. The van der Waals surface area contributed by atoms with E-state index in [-0.39, 0.29) is 11.6 Å². The SMILES string of the molecule is CCC(C)(C)N(C)C(CN)c1ccc(N(C)C)cc1. The highest BCUT2D eigenvalue weighted by Crippen LogP contribution is 2.28. The number of nitrogens with zero attached hydrogens (tertiary/aromatic N) is 2. The maximum absolute atomic E-state index is 6.00. The molecule has 1 aromatic carbocycles. The Bertz CT molecular complexity index is 381. The Morgan fingerprint density at radius 3 is 2.00 bits per heavy atom. The third kappa shape index (κ3) is 3.71. The van der Waals surface area contributed by atoms with Crippen LogP contribution in [-0.4, -0.2) is 38.1 Å². The minimum atomic E-state index is 0.157. The van der Waals surface area contributed by atoms with Gasteiger partial charge in [0.2, 0.25) is 0 Å². The summed E-state index contributed by atoms with van der Waals surface area (Å²) in [5, 5.41) is 0. The zero-order valence-corrected chi connectivity index (χ0v) is 13.3.